The van der Waals surface area contributed by atoms with E-state index < -0.39 is 6.10 Å². The number of aliphatic hydroxyl groups excluding tert-OH is 1. The largest absolute Gasteiger partial charge is 0.491 e. The normalized spacial score (nSPS) is 17.6. The van der Waals surface area contributed by atoms with Crippen molar-refractivity contribution in [3.63, 3.8) is 0 Å². The molecule has 166 valence electrons. The molecular formula is C27H30N2O3. The molecule has 1 unspecified atom stereocenters. The van der Waals surface area contributed by atoms with E-state index in [1.54, 1.807) is 4.90 Å². The first-order valence-electron chi connectivity index (χ1n) is 11.5. The maximum Gasteiger partial charge on any atom is 0.254 e. The second kappa shape index (κ2) is 8.93. The predicted molar refractivity (Wildman–Crippen MR) is 127 cm³/mol. The van der Waals surface area contributed by atoms with Gasteiger partial charge in [0.2, 0.25) is 0 Å². The molecule has 2 aliphatic rings. The van der Waals surface area contributed by atoms with E-state index in [0.717, 1.165) is 51.9 Å². The van der Waals surface area contributed by atoms with Crippen molar-refractivity contribution in [1.29, 1.82) is 0 Å². The molecule has 5 heteroatoms. The van der Waals surface area contributed by atoms with Crippen molar-refractivity contribution in [2.75, 3.05) is 33.3 Å². The van der Waals surface area contributed by atoms with Crippen LogP contribution in [0.2, 0.25) is 0 Å². The number of β-amino-alcohol motifs (C(OH)–C–C–N with tert-alkyl or cyclic N) is 1. The summed E-state index contributed by atoms with van der Waals surface area (Å²) in [5.74, 6) is 0.864. The summed E-state index contributed by atoms with van der Waals surface area (Å²) in [5.41, 5.74) is 4.10. The lowest BCUT2D eigenvalue weighted by Crippen LogP contribution is -2.38. The lowest BCUT2D eigenvalue weighted by atomic mass is 9.98. The fraction of sp³-hybridized carbons (Fsp3) is 0.370. The first-order valence-corrected chi connectivity index (χ1v) is 11.5. The number of aliphatic hydroxyl groups is 1. The summed E-state index contributed by atoms with van der Waals surface area (Å²) in [6, 6.07) is 18.5. The Hall–Kier alpha value is -2.89. The van der Waals surface area contributed by atoms with Gasteiger partial charge < -0.3 is 19.6 Å². The molecular weight excluding hydrogens is 400 g/mol. The third kappa shape index (κ3) is 4.36. The predicted octanol–water partition coefficient (Wildman–Crippen LogP) is 4.32. The van der Waals surface area contributed by atoms with Crippen LogP contribution in [-0.4, -0.2) is 60.2 Å². The van der Waals surface area contributed by atoms with Gasteiger partial charge in [-0.05, 0) is 83.7 Å². The van der Waals surface area contributed by atoms with Crippen LogP contribution >= 0.6 is 0 Å². The number of fused-ring (bicyclic) bond motifs is 2. The summed E-state index contributed by atoms with van der Waals surface area (Å²) in [4.78, 5) is 16.2. The van der Waals surface area contributed by atoms with Crippen molar-refractivity contribution in [2.45, 2.75) is 31.9 Å². The molecule has 1 amide bonds. The molecule has 0 bridgehead atoms. The molecule has 0 aromatic heterocycles. The number of nitrogens with zero attached hydrogens (tertiary/aromatic N) is 2. The Morgan fingerprint density at radius 1 is 0.938 bits per heavy atom. The molecule has 0 saturated carbocycles. The van der Waals surface area contributed by atoms with Crippen molar-refractivity contribution in [3.05, 3.63) is 65.7 Å². The van der Waals surface area contributed by atoms with Crippen molar-refractivity contribution in [1.82, 2.24) is 9.80 Å². The third-order valence-corrected chi connectivity index (χ3v) is 6.59. The average Bonchev–Trinajstić information content (AvgIpc) is 3.10. The Balaban J connectivity index is 1.30. The molecule has 1 saturated heterocycles. The highest BCUT2D eigenvalue weighted by atomic mass is 16.5. The van der Waals surface area contributed by atoms with Gasteiger partial charge >= 0.3 is 0 Å². The molecule has 0 radical (unpaired) electrons. The molecule has 1 atom stereocenters. The van der Waals surface area contributed by atoms with E-state index in [9.17, 15) is 9.90 Å². The molecule has 5 rings (SSSR count). The summed E-state index contributed by atoms with van der Waals surface area (Å²) in [5, 5.41) is 12.6. The van der Waals surface area contributed by atoms with Crippen LogP contribution in [0.25, 0.3) is 21.9 Å². The number of hydrogen-bond acceptors (Lipinski definition) is 4. The van der Waals surface area contributed by atoms with Gasteiger partial charge in [-0.3, -0.25) is 4.79 Å². The minimum atomic E-state index is -0.484. The number of likely N-dealkylation sites (tertiary alicyclic amines) is 1. The summed E-state index contributed by atoms with van der Waals surface area (Å²) in [6.45, 7) is 3.78. The van der Waals surface area contributed by atoms with E-state index in [1.165, 1.54) is 19.3 Å². The molecule has 3 aromatic rings. The number of amides is 1. The van der Waals surface area contributed by atoms with Crippen LogP contribution in [0.5, 0.6) is 5.75 Å². The molecule has 1 fully saturated rings. The van der Waals surface area contributed by atoms with Crippen molar-refractivity contribution >= 4 is 16.7 Å². The molecule has 0 aliphatic carbocycles. The molecule has 5 nitrogen and oxygen atoms in total. The van der Waals surface area contributed by atoms with Gasteiger partial charge in [0.25, 0.3) is 5.91 Å². The SMILES string of the molecule is CN1Cc2cc(-c3ccc4ccc(OCC(O)CN5CCCCC5)cc4c3)ccc2C1=O. The highest BCUT2D eigenvalue weighted by molar-refractivity contribution is 5.99. The Bertz CT molecular complexity index is 1140. The zero-order valence-corrected chi connectivity index (χ0v) is 18.6. The van der Waals surface area contributed by atoms with Gasteiger partial charge in [-0.25, -0.2) is 0 Å². The number of ether oxygens (including phenoxy) is 1. The minimum absolute atomic E-state index is 0.0920. The number of piperidine rings is 1. The zero-order valence-electron chi connectivity index (χ0n) is 18.6. The van der Waals surface area contributed by atoms with Crippen molar-refractivity contribution < 1.29 is 14.6 Å². The third-order valence-electron chi connectivity index (χ3n) is 6.59. The van der Waals surface area contributed by atoms with Gasteiger partial charge in [0.05, 0.1) is 0 Å². The average molecular weight is 431 g/mol. The van der Waals surface area contributed by atoms with Crippen molar-refractivity contribution in [2.24, 2.45) is 0 Å². The molecule has 32 heavy (non-hydrogen) atoms. The highest BCUT2D eigenvalue weighted by Gasteiger charge is 2.24. The van der Waals surface area contributed by atoms with E-state index in [4.69, 9.17) is 4.74 Å². The summed E-state index contributed by atoms with van der Waals surface area (Å²) in [6.07, 6.45) is 3.25. The zero-order chi connectivity index (χ0) is 22.1. The first kappa shape index (κ1) is 21.0. The lowest BCUT2D eigenvalue weighted by molar-refractivity contribution is 0.0617. The maximum atomic E-state index is 12.2. The Kier molecular flexibility index (Phi) is 5.85. The quantitative estimate of drug-likeness (QED) is 0.633. The van der Waals surface area contributed by atoms with Gasteiger partial charge in [-0.1, -0.05) is 30.7 Å². The molecule has 0 spiro atoms. The Morgan fingerprint density at radius 3 is 2.53 bits per heavy atom. The van der Waals surface area contributed by atoms with Crippen LogP contribution in [0.1, 0.15) is 35.2 Å². The summed E-state index contributed by atoms with van der Waals surface area (Å²) >= 11 is 0. The monoisotopic (exact) mass is 430 g/mol. The Morgan fingerprint density at radius 2 is 1.69 bits per heavy atom. The number of carbonyl (C=O) groups is 1. The standard InChI is InChI=1S/C27H30N2O3/c1-28-16-23-14-21(8-10-26(23)27(28)31)20-6-5-19-7-9-25(15-22(19)13-20)32-18-24(30)17-29-11-3-2-4-12-29/h5-10,13-15,24,30H,2-4,11-12,16-18H2,1H3. The number of rotatable bonds is 6. The van der Waals surface area contributed by atoms with Crippen LogP contribution in [0.4, 0.5) is 0 Å². The van der Waals surface area contributed by atoms with Gasteiger partial charge in [-0.2, -0.15) is 0 Å². The summed E-state index contributed by atoms with van der Waals surface area (Å²) in [7, 11) is 1.84. The van der Waals surface area contributed by atoms with E-state index in [1.807, 2.05) is 31.3 Å². The van der Waals surface area contributed by atoms with Crippen molar-refractivity contribution in [3.8, 4) is 16.9 Å². The van der Waals surface area contributed by atoms with Gasteiger partial charge in [0.15, 0.2) is 0 Å². The second-order valence-electron chi connectivity index (χ2n) is 9.08. The van der Waals surface area contributed by atoms with Gasteiger partial charge in [-0.15, -0.1) is 0 Å². The van der Waals surface area contributed by atoms with Gasteiger partial charge in [0, 0.05) is 25.7 Å². The fourth-order valence-corrected chi connectivity index (χ4v) is 4.82. The Labute approximate surface area is 189 Å². The van der Waals surface area contributed by atoms with Crippen LogP contribution in [0.3, 0.4) is 0 Å². The number of hydrogen-bond donors (Lipinski definition) is 1. The maximum absolute atomic E-state index is 12.2. The van der Waals surface area contributed by atoms with Crippen LogP contribution < -0.4 is 4.74 Å². The highest BCUT2D eigenvalue weighted by Crippen LogP contribution is 2.31. The lowest BCUT2D eigenvalue weighted by Gasteiger charge is -2.28. The van der Waals surface area contributed by atoms with Crippen LogP contribution in [0, 0.1) is 0 Å². The smallest absolute Gasteiger partial charge is 0.254 e. The molecule has 1 N–H and O–H groups in total. The molecule has 3 aromatic carbocycles. The number of benzene rings is 3. The van der Waals surface area contributed by atoms with E-state index in [-0.39, 0.29) is 5.91 Å². The second-order valence-corrected chi connectivity index (χ2v) is 9.08. The first-order chi connectivity index (χ1) is 15.6. The van der Waals surface area contributed by atoms with Crippen LogP contribution in [0.15, 0.2) is 54.6 Å². The van der Waals surface area contributed by atoms with Gasteiger partial charge in [0.1, 0.15) is 18.5 Å². The number of carbonyl (C=O) groups excluding carboxylic acids is 1. The van der Waals surface area contributed by atoms with E-state index >= 15 is 0 Å². The van der Waals surface area contributed by atoms with Crippen LogP contribution in [-0.2, 0) is 6.54 Å². The topological polar surface area (TPSA) is 53.0 Å². The van der Waals surface area contributed by atoms with E-state index in [0.29, 0.717) is 19.7 Å². The van der Waals surface area contributed by atoms with E-state index in [2.05, 4.69) is 35.2 Å². The molecule has 2 heterocycles. The molecule has 2 aliphatic heterocycles. The fourth-order valence-electron chi connectivity index (χ4n) is 4.82. The summed E-state index contributed by atoms with van der Waals surface area (Å²) < 4.78 is 5.93. The minimum Gasteiger partial charge on any atom is -0.491 e.